The average Bonchev–Trinajstić information content (AvgIpc) is 3.19. The van der Waals surface area contributed by atoms with Gasteiger partial charge in [-0.15, -0.1) is 0 Å². The van der Waals surface area contributed by atoms with Gasteiger partial charge in [-0.2, -0.15) is 13.2 Å². The van der Waals surface area contributed by atoms with Crippen LogP contribution in [-0.2, 0) is 26.3 Å². The molecule has 0 saturated carbocycles. The molecule has 41 heavy (non-hydrogen) atoms. The highest BCUT2D eigenvalue weighted by Gasteiger charge is 2.42. The summed E-state index contributed by atoms with van der Waals surface area (Å²) in [5.74, 6) is -4.20. The van der Waals surface area contributed by atoms with Gasteiger partial charge in [0.1, 0.15) is 18.1 Å². The third-order valence-corrected chi connectivity index (χ3v) is 6.25. The molecule has 0 fully saturated rings. The van der Waals surface area contributed by atoms with Gasteiger partial charge in [0.05, 0.1) is 18.7 Å². The largest absolute Gasteiger partial charge is 0.493 e. The summed E-state index contributed by atoms with van der Waals surface area (Å²) < 4.78 is 46.5. The Balaban J connectivity index is 1.78. The summed E-state index contributed by atoms with van der Waals surface area (Å²) in [6, 6.07) is 7.91. The highest BCUT2D eigenvalue weighted by atomic mass is 19.4. The standard InChI is InChI=1S/C28H31F3N4O6/c1-6-40-22-10-16-13-35(24(32)17(16)11-18(22)25(38)33-5)14-21(36)15-7-8-20(19(9-15)27(2,3)4)34-12-23(37)41-26(39)28(29,30)31/h7-11,32,34H,6,12-14H2,1-5H3,(H,33,38). The van der Waals surface area contributed by atoms with E-state index in [2.05, 4.69) is 15.4 Å². The molecule has 0 bridgehead atoms. The predicted molar refractivity (Wildman–Crippen MR) is 143 cm³/mol. The number of alkyl halides is 3. The van der Waals surface area contributed by atoms with E-state index in [0.717, 1.165) is 5.56 Å². The molecule has 0 radical (unpaired) electrons. The molecular weight excluding hydrogens is 545 g/mol. The zero-order chi connectivity index (χ0) is 30.7. The SMILES string of the molecule is CCOc1cc2c(cc1C(=O)NC)C(=N)N(CC(=O)c1ccc(NCC(=O)OC(=O)C(F)(F)F)c(C(C)(C)C)c1)C2. The van der Waals surface area contributed by atoms with Gasteiger partial charge in [0, 0.05) is 30.4 Å². The highest BCUT2D eigenvalue weighted by molar-refractivity contribution is 6.07. The van der Waals surface area contributed by atoms with Gasteiger partial charge in [-0.3, -0.25) is 15.0 Å². The molecule has 1 aliphatic heterocycles. The highest BCUT2D eigenvalue weighted by Crippen LogP contribution is 2.33. The van der Waals surface area contributed by atoms with Gasteiger partial charge in [-0.25, -0.2) is 9.59 Å². The molecule has 1 heterocycles. The van der Waals surface area contributed by atoms with Gasteiger partial charge in [-0.1, -0.05) is 20.8 Å². The van der Waals surface area contributed by atoms with E-state index in [1.807, 2.05) is 20.8 Å². The number of carbonyl (C=O) groups excluding carboxylic acids is 4. The zero-order valence-corrected chi connectivity index (χ0v) is 23.2. The minimum Gasteiger partial charge on any atom is -0.493 e. The number of benzene rings is 2. The van der Waals surface area contributed by atoms with Crippen LogP contribution in [0.2, 0.25) is 0 Å². The lowest BCUT2D eigenvalue weighted by molar-refractivity contribution is -0.201. The van der Waals surface area contributed by atoms with E-state index in [1.54, 1.807) is 30.0 Å². The number of halogens is 3. The molecule has 2 aromatic carbocycles. The Hall–Kier alpha value is -4.42. The van der Waals surface area contributed by atoms with Crippen molar-refractivity contribution in [1.29, 1.82) is 5.41 Å². The van der Waals surface area contributed by atoms with Crippen LogP contribution in [0.25, 0.3) is 0 Å². The second-order valence-electron chi connectivity index (χ2n) is 10.3. The van der Waals surface area contributed by atoms with Gasteiger partial charge in [0.15, 0.2) is 5.78 Å². The fraction of sp³-hybridized carbons (Fsp3) is 0.393. The summed E-state index contributed by atoms with van der Waals surface area (Å²) in [5.41, 5.74) is 2.28. The summed E-state index contributed by atoms with van der Waals surface area (Å²) in [7, 11) is 1.49. The number of anilines is 1. The van der Waals surface area contributed by atoms with Crippen molar-refractivity contribution in [2.75, 3.05) is 32.1 Å². The summed E-state index contributed by atoms with van der Waals surface area (Å²) in [5, 5.41) is 13.9. The third kappa shape index (κ3) is 7.21. The Bertz CT molecular complexity index is 1400. The first-order valence-corrected chi connectivity index (χ1v) is 12.7. The molecule has 13 heteroatoms. The van der Waals surface area contributed by atoms with Crippen LogP contribution in [-0.4, -0.2) is 67.3 Å². The van der Waals surface area contributed by atoms with E-state index < -0.39 is 30.1 Å². The Morgan fingerprint density at radius 3 is 2.34 bits per heavy atom. The summed E-state index contributed by atoms with van der Waals surface area (Å²) in [4.78, 5) is 49.9. The number of rotatable bonds is 9. The smallest absolute Gasteiger partial charge is 0.491 e. The molecular formula is C28H31F3N4O6. The van der Waals surface area contributed by atoms with E-state index >= 15 is 0 Å². The number of ether oxygens (including phenoxy) is 2. The predicted octanol–water partition coefficient (Wildman–Crippen LogP) is 3.81. The van der Waals surface area contributed by atoms with Crippen molar-refractivity contribution < 1.29 is 41.8 Å². The van der Waals surface area contributed by atoms with Crippen LogP contribution in [0.3, 0.4) is 0 Å². The summed E-state index contributed by atoms with van der Waals surface area (Å²) >= 11 is 0. The number of esters is 2. The molecule has 3 rings (SSSR count). The fourth-order valence-corrected chi connectivity index (χ4v) is 4.27. The maximum Gasteiger partial charge on any atom is 0.491 e. The van der Waals surface area contributed by atoms with E-state index in [9.17, 15) is 32.3 Å². The van der Waals surface area contributed by atoms with Gasteiger partial charge < -0.3 is 25.0 Å². The number of nitrogens with one attached hydrogen (secondary N) is 3. The molecule has 0 aliphatic carbocycles. The number of hydrogen-bond donors (Lipinski definition) is 3. The first-order valence-electron chi connectivity index (χ1n) is 12.7. The van der Waals surface area contributed by atoms with Crippen LogP contribution in [0.1, 0.15) is 65.1 Å². The summed E-state index contributed by atoms with van der Waals surface area (Å²) in [6.07, 6.45) is -5.29. The Morgan fingerprint density at radius 1 is 1.07 bits per heavy atom. The number of amidine groups is 1. The second kappa shape index (κ2) is 12.0. The number of amides is 1. The van der Waals surface area contributed by atoms with Crippen LogP contribution in [0.5, 0.6) is 5.75 Å². The molecule has 0 atom stereocenters. The molecule has 1 aliphatic rings. The number of hydrogen-bond acceptors (Lipinski definition) is 8. The fourth-order valence-electron chi connectivity index (χ4n) is 4.27. The van der Waals surface area contributed by atoms with Crippen molar-refractivity contribution in [2.45, 2.75) is 45.8 Å². The lowest BCUT2D eigenvalue weighted by Gasteiger charge is -2.24. The van der Waals surface area contributed by atoms with Crippen LogP contribution in [0, 0.1) is 5.41 Å². The Morgan fingerprint density at radius 2 is 1.76 bits per heavy atom. The van der Waals surface area contributed by atoms with Crippen molar-refractivity contribution in [1.82, 2.24) is 10.2 Å². The molecule has 10 nitrogen and oxygen atoms in total. The van der Waals surface area contributed by atoms with Crippen LogP contribution < -0.4 is 15.4 Å². The van der Waals surface area contributed by atoms with E-state index in [0.29, 0.717) is 34.7 Å². The van der Waals surface area contributed by atoms with Gasteiger partial charge >= 0.3 is 18.1 Å². The number of fused-ring (bicyclic) bond motifs is 1. The van der Waals surface area contributed by atoms with Crippen molar-refractivity contribution in [3.05, 3.63) is 58.1 Å². The zero-order valence-electron chi connectivity index (χ0n) is 23.2. The topological polar surface area (TPSA) is 138 Å². The van der Waals surface area contributed by atoms with Crippen molar-refractivity contribution >= 4 is 35.2 Å². The molecule has 0 aromatic heterocycles. The van der Waals surface area contributed by atoms with Crippen LogP contribution >= 0.6 is 0 Å². The molecule has 0 spiro atoms. The maximum atomic E-state index is 13.3. The number of carbonyl (C=O) groups is 4. The van der Waals surface area contributed by atoms with Gasteiger partial charge in [-0.05, 0) is 53.8 Å². The van der Waals surface area contributed by atoms with E-state index in [4.69, 9.17) is 10.1 Å². The van der Waals surface area contributed by atoms with E-state index in [-0.39, 0.29) is 36.2 Å². The maximum absolute atomic E-state index is 13.3. The second-order valence-corrected chi connectivity index (χ2v) is 10.3. The first-order chi connectivity index (χ1) is 19.1. The van der Waals surface area contributed by atoms with Crippen molar-refractivity contribution in [3.8, 4) is 5.75 Å². The third-order valence-electron chi connectivity index (χ3n) is 6.25. The number of Topliss-reactive ketones (excluding diaryl/α,β-unsaturated/α-hetero) is 1. The molecule has 0 saturated heterocycles. The molecule has 0 unspecified atom stereocenters. The molecule has 2 aromatic rings. The average molecular weight is 577 g/mol. The normalized spacial score (nSPS) is 13.0. The minimum absolute atomic E-state index is 0.0859. The quantitative estimate of drug-likeness (QED) is 0.233. The van der Waals surface area contributed by atoms with Gasteiger partial charge in [0.2, 0.25) is 0 Å². The molecule has 3 N–H and O–H groups in total. The Kier molecular flexibility index (Phi) is 9.09. The van der Waals surface area contributed by atoms with E-state index in [1.165, 1.54) is 19.2 Å². The Labute approximate surface area is 234 Å². The monoisotopic (exact) mass is 576 g/mol. The molecule has 1 amide bonds. The number of nitrogens with zero attached hydrogens (tertiary/aromatic N) is 1. The van der Waals surface area contributed by atoms with Crippen LogP contribution in [0.15, 0.2) is 30.3 Å². The first kappa shape index (κ1) is 31.1. The van der Waals surface area contributed by atoms with Crippen molar-refractivity contribution in [3.63, 3.8) is 0 Å². The van der Waals surface area contributed by atoms with Gasteiger partial charge in [0.25, 0.3) is 5.91 Å². The van der Waals surface area contributed by atoms with Crippen molar-refractivity contribution in [2.24, 2.45) is 0 Å². The molecule has 220 valence electrons. The lowest BCUT2D eigenvalue weighted by atomic mass is 9.84. The summed E-state index contributed by atoms with van der Waals surface area (Å²) in [6.45, 7) is 7.11. The number of ketones is 1. The van der Waals surface area contributed by atoms with Crippen LogP contribution in [0.4, 0.5) is 18.9 Å². The minimum atomic E-state index is -5.29. The lowest BCUT2D eigenvalue weighted by Crippen LogP contribution is -2.31.